The average molecular weight is 483 g/mol. The van der Waals surface area contributed by atoms with Gasteiger partial charge in [0.05, 0.1) is 39.7 Å². The third-order valence-electron chi connectivity index (χ3n) is 5.83. The third-order valence-corrected chi connectivity index (χ3v) is 5.83. The quantitative estimate of drug-likeness (QED) is 0.274. The Morgan fingerprint density at radius 1 is 1.09 bits per heavy atom. The fourth-order valence-corrected chi connectivity index (χ4v) is 3.91. The van der Waals surface area contributed by atoms with E-state index >= 15 is 0 Å². The van der Waals surface area contributed by atoms with Gasteiger partial charge in [0.25, 0.3) is 11.8 Å². The highest BCUT2D eigenvalue weighted by atomic mass is 16.5. The van der Waals surface area contributed by atoms with E-state index in [2.05, 4.69) is 20.7 Å². The Morgan fingerprint density at radius 2 is 1.86 bits per heavy atom. The number of hydrogen-bond donors (Lipinski definition) is 2. The van der Waals surface area contributed by atoms with Crippen molar-refractivity contribution in [3.05, 3.63) is 59.7 Å². The van der Waals surface area contributed by atoms with Crippen LogP contribution in [0.15, 0.2) is 53.6 Å². The van der Waals surface area contributed by atoms with Gasteiger partial charge >= 0.3 is 0 Å². The number of hydrazone groups is 1. The molecule has 1 aliphatic rings. The Bertz CT molecular complexity index is 977. The molecule has 1 saturated heterocycles. The molecule has 0 aromatic heterocycles. The molecule has 0 bridgehead atoms. The van der Waals surface area contributed by atoms with E-state index in [1.54, 1.807) is 50.8 Å². The van der Waals surface area contributed by atoms with E-state index in [1.165, 1.54) is 0 Å². The molecule has 0 saturated carbocycles. The Morgan fingerprint density at radius 3 is 2.57 bits per heavy atom. The maximum absolute atomic E-state index is 13.0. The number of nitrogens with zero attached hydrogens (tertiary/aromatic N) is 2. The van der Waals surface area contributed by atoms with Crippen LogP contribution in [0, 0.1) is 0 Å². The molecule has 0 radical (unpaired) electrons. The van der Waals surface area contributed by atoms with Gasteiger partial charge < -0.3 is 19.5 Å². The Hall–Kier alpha value is -3.43. The summed E-state index contributed by atoms with van der Waals surface area (Å²) in [6.07, 6.45) is 3.77. The lowest BCUT2D eigenvalue weighted by Crippen LogP contribution is -2.50. The predicted octanol–water partition coefficient (Wildman–Crippen LogP) is 2.45. The van der Waals surface area contributed by atoms with Crippen LogP contribution in [-0.4, -0.2) is 76.0 Å². The van der Waals surface area contributed by atoms with Crippen molar-refractivity contribution in [1.29, 1.82) is 0 Å². The fourth-order valence-electron chi connectivity index (χ4n) is 3.91. The number of unbranched alkanes of at least 4 members (excludes halogenated alkanes) is 1. The van der Waals surface area contributed by atoms with Gasteiger partial charge in [-0.25, -0.2) is 5.43 Å². The zero-order chi connectivity index (χ0) is 24.9. The molecule has 0 aliphatic carbocycles. The lowest BCUT2D eigenvalue weighted by atomic mass is 10.1. The molecule has 2 N–H and O–H groups in total. The molecule has 1 heterocycles. The highest BCUT2D eigenvalue weighted by Crippen LogP contribution is 2.22. The van der Waals surface area contributed by atoms with Gasteiger partial charge in [-0.3, -0.25) is 14.5 Å². The van der Waals surface area contributed by atoms with Crippen LogP contribution < -0.4 is 20.2 Å². The number of carbonyl (C=O) groups is 2. The van der Waals surface area contributed by atoms with Gasteiger partial charge in [-0.1, -0.05) is 18.2 Å². The monoisotopic (exact) mass is 482 g/mol. The standard InChI is InChI=1S/C26H34N4O5/c1-33-22-11-12-24(34-2)21(18-22)19-28-29-26(32)23(30-14-16-35-17-15-30)10-6-7-13-27-25(31)20-8-4-3-5-9-20/h3-5,8-9,11-12,18-19,23H,6-7,10,13-17H2,1-2H3,(H,27,31)(H,29,32). The molecule has 188 valence electrons. The van der Waals surface area contributed by atoms with E-state index in [0.29, 0.717) is 61.9 Å². The fraction of sp³-hybridized carbons (Fsp3) is 0.423. The number of benzene rings is 2. The zero-order valence-electron chi connectivity index (χ0n) is 20.4. The van der Waals surface area contributed by atoms with Crippen LogP contribution in [0.2, 0.25) is 0 Å². The first kappa shape index (κ1) is 26.2. The number of morpholine rings is 1. The van der Waals surface area contributed by atoms with Crippen LogP contribution in [-0.2, 0) is 9.53 Å². The molecule has 1 aliphatic heterocycles. The molecule has 3 rings (SSSR count). The van der Waals surface area contributed by atoms with E-state index in [1.807, 2.05) is 18.2 Å². The molecule has 0 spiro atoms. The van der Waals surface area contributed by atoms with Crippen LogP contribution in [0.3, 0.4) is 0 Å². The summed E-state index contributed by atoms with van der Waals surface area (Å²) in [5.41, 5.74) is 4.02. The van der Waals surface area contributed by atoms with Crippen LogP contribution >= 0.6 is 0 Å². The van der Waals surface area contributed by atoms with Crippen LogP contribution in [0.1, 0.15) is 35.2 Å². The summed E-state index contributed by atoms with van der Waals surface area (Å²) < 4.78 is 16.1. The van der Waals surface area contributed by atoms with Crippen LogP contribution in [0.4, 0.5) is 0 Å². The lowest BCUT2D eigenvalue weighted by Gasteiger charge is -2.33. The molecule has 1 fully saturated rings. The molecule has 1 unspecified atom stereocenters. The van der Waals surface area contributed by atoms with Gasteiger partial charge in [0.15, 0.2) is 0 Å². The Labute approximate surface area is 206 Å². The first-order valence-electron chi connectivity index (χ1n) is 11.8. The van der Waals surface area contributed by atoms with Gasteiger partial charge in [0.2, 0.25) is 0 Å². The minimum absolute atomic E-state index is 0.0876. The minimum atomic E-state index is -0.326. The van der Waals surface area contributed by atoms with Gasteiger partial charge in [-0.05, 0) is 49.6 Å². The van der Waals surface area contributed by atoms with E-state index in [-0.39, 0.29) is 17.9 Å². The van der Waals surface area contributed by atoms with Gasteiger partial charge in [0.1, 0.15) is 11.5 Å². The van der Waals surface area contributed by atoms with E-state index in [4.69, 9.17) is 14.2 Å². The van der Waals surface area contributed by atoms with E-state index in [9.17, 15) is 9.59 Å². The summed E-state index contributed by atoms with van der Waals surface area (Å²) in [6, 6.07) is 14.2. The predicted molar refractivity (Wildman–Crippen MR) is 134 cm³/mol. The molecule has 1 atom stereocenters. The van der Waals surface area contributed by atoms with Crippen LogP contribution in [0.25, 0.3) is 0 Å². The lowest BCUT2D eigenvalue weighted by molar-refractivity contribution is -0.128. The first-order chi connectivity index (χ1) is 17.1. The summed E-state index contributed by atoms with van der Waals surface area (Å²) in [5.74, 6) is 1.05. The molecule has 9 nitrogen and oxygen atoms in total. The Kier molecular flexibility index (Phi) is 10.5. The number of hydrogen-bond acceptors (Lipinski definition) is 7. The number of nitrogens with one attached hydrogen (secondary N) is 2. The van der Waals surface area contributed by atoms with Gasteiger partial charge in [-0.2, -0.15) is 5.10 Å². The average Bonchev–Trinajstić information content (AvgIpc) is 2.91. The van der Waals surface area contributed by atoms with Crippen molar-refractivity contribution < 1.29 is 23.8 Å². The van der Waals surface area contributed by atoms with Crippen molar-refractivity contribution in [2.75, 3.05) is 47.1 Å². The van der Waals surface area contributed by atoms with Crippen molar-refractivity contribution in [3.8, 4) is 11.5 Å². The second-order valence-electron chi connectivity index (χ2n) is 8.12. The second-order valence-corrected chi connectivity index (χ2v) is 8.12. The number of carbonyl (C=O) groups excluding carboxylic acids is 2. The highest BCUT2D eigenvalue weighted by molar-refractivity contribution is 5.94. The summed E-state index contributed by atoms with van der Waals surface area (Å²) in [5, 5.41) is 7.10. The smallest absolute Gasteiger partial charge is 0.257 e. The SMILES string of the molecule is COc1ccc(OC)c(C=NNC(=O)C(CCCCNC(=O)c2ccccc2)N2CCOCC2)c1. The molecule has 35 heavy (non-hydrogen) atoms. The third kappa shape index (κ3) is 8.08. The van der Waals surface area contributed by atoms with Gasteiger partial charge in [0, 0.05) is 30.8 Å². The molecule has 2 aromatic carbocycles. The minimum Gasteiger partial charge on any atom is -0.497 e. The molecule has 9 heteroatoms. The molecular formula is C26H34N4O5. The van der Waals surface area contributed by atoms with Crippen molar-refractivity contribution in [2.45, 2.75) is 25.3 Å². The molecule has 2 aromatic rings. The largest absolute Gasteiger partial charge is 0.497 e. The van der Waals surface area contributed by atoms with Gasteiger partial charge in [-0.15, -0.1) is 0 Å². The topological polar surface area (TPSA) is 101 Å². The summed E-state index contributed by atoms with van der Waals surface area (Å²) in [6.45, 7) is 3.13. The summed E-state index contributed by atoms with van der Waals surface area (Å²) >= 11 is 0. The number of amides is 2. The molecular weight excluding hydrogens is 448 g/mol. The number of methoxy groups -OCH3 is 2. The molecule has 2 amide bonds. The number of ether oxygens (including phenoxy) is 3. The maximum atomic E-state index is 13.0. The second kappa shape index (κ2) is 14.1. The summed E-state index contributed by atoms with van der Waals surface area (Å²) in [7, 11) is 3.17. The van der Waals surface area contributed by atoms with Crippen molar-refractivity contribution in [3.63, 3.8) is 0 Å². The van der Waals surface area contributed by atoms with Crippen molar-refractivity contribution in [2.24, 2.45) is 5.10 Å². The zero-order valence-corrected chi connectivity index (χ0v) is 20.4. The highest BCUT2D eigenvalue weighted by Gasteiger charge is 2.27. The van der Waals surface area contributed by atoms with E-state index in [0.717, 1.165) is 12.8 Å². The van der Waals surface area contributed by atoms with Crippen molar-refractivity contribution >= 4 is 18.0 Å². The summed E-state index contributed by atoms with van der Waals surface area (Å²) in [4.78, 5) is 27.4. The number of rotatable bonds is 12. The maximum Gasteiger partial charge on any atom is 0.257 e. The first-order valence-corrected chi connectivity index (χ1v) is 11.8. The van der Waals surface area contributed by atoms with Crippen LogP contribution in [0.5, 0.6) is 11.5 Å². The van der Waals surface area contributed by atoms with E-state index < -0.39 is 0 Å². The van der Waals surface area contributed by atoms with Crippen molar-refractivity contribution in [1.82, 2.24) is 15.6 Å². The Balaban J connectivity index is 1.53. The normalized spacial score (nSPS) is 14.9.